The molecule has 0 amide bonds. The number of carbonyl (C=O) groups is 1. The molecular formula is C21H18N4O2S. The van der Waals surface area contributed by atoms with E-state index in [9.17, 15) is 10.1 Å². The van der Waals surface area contributed by atoms with Crippen LogP contribution in [-0.4, -0.2) is 27.7 Å². The number of ether oxygens (including phenoxy) is 1. The number of nitriles is 1. The maximum atomic E-state index is 13.4. The van der Waals surface area contributed by atoms with Crippen LogP contribution in [0.15, 0.2) is 59.1 Å². The Morgan fingerprint density at radius 2 is 1.96 bits per heavy atom. The number of aryl methyl sites for hydroxylation is 1. The Morgan fingerprint density at radius 3 is 2.61 bits per heavy atom. The molecule has 0 saturated carbocycles. The standard InChI is InChI=1S/C21H18N4O2S/c1-25-16-6-4-3-5-15(16)24-21(25)18(26)19-17(14(11-22)20(23)28-19)12-7-9-13(27-2)10-8-12/h3-10,17,19H,23H2,1-2H3/t17-,19-/m0/s1. The third-order valence-electron chi connectivity index (χ3n) is 4.99. The van der Waals surface area contributed by atoms with Crippen LogP contribution in [0.25, 0.3) is 11.0 Å². The lowest BCUT2D eigenvalue weighted by atomic mass is 9.87. The van der Waals surface area contributed by atoms with E-state index in [1.54, 1.807) is 11.7 Å². The van der Waals surface area contributed by atoms with Gasteiger partial charge in [-0.2, -0.15) is 5.26 Å². The summed E-state index contributed by atoms with van der Waals surface area (Å²) in [7, 11) is 3.42. The van der Waals surface area contributed by atoms with Crippen LogP contribution in [0.2, 0.25) is 0 Å². The first-order chi connectivity index (χ1) is 13.5. The van der Waals surface area contributed by atoms with Gasteiger partial charge in [-0.05, 0) is 29.8 Å². The van der Waals surface area contributed by atoms with E-state index in [4.69, 9.17) is 10.5 Å². The number of rotatable bonds is 4. The number of thioether (sulfide) groups is 1. The first kappa shape index (κ1) is 18.1. The summed E-state index contributed by atoms with van der Waals surface area (Å²) in [6.07, 6.45) is 0. The van der Waals surface area contributed by atoms with Gasteiger partial charge >= 0.3 is 0 Å². The van der Waals surface area contributed by atoms with E-state index in [-0.39, 0.29) is 5.78 Å². The van der Waals surface area contributed by atoms with Crippen LogP contribution < -0.4 is 10.5 Å². The van der Waals surface area contributed by atoms with Gasteiger partial charge < -0.3 is 15.0 Å². The highest BCUT2D eigenvalue weighted by Crippen LogP contribution is 2.46. The van der Waals surface area contributed by atoms with Gasteiger partial charge in [0.25, 0.3) is 0 Å². The highest BCUT2D eigenvalue weighted by atomic mass is 32.2. The topological polar surface area (TPSA) is 93.9 Å². The second-order valence-corrected chi connectivity index (χ2v) is 7.71. The number of nitrogens with zero attached hydrogens (tertiary/aromatic N) is 3. The van der Waals surface area contributed by atoms with Crippen LogP contribution in [0.1, 0.15) is 22.1 Å². The molecule has 0 unspecified atom stereocenters. The fourth-order valence-electron chi connectivity index (χ4n) is 3.55. The number of carbonyl (C=O) groups excluding carboxylic acids is 1. The van der Waals surface area contributed by atoms with Crippen molar-refractivity contribution in [3.63, 3.8) is 0 Å². The number of fused-ring (bicyclic) bond motifs is 1. The van der Waals surface area contributed by atoms with Gasteiger partial charge in [-0.25, -0.2) is 4.98 Å². The summed E-state index contributed by atoms with van der Waals surface area (Å²) in [5.74, 6) is 0.512. The minimum Gasteiger partial charge on any atom is -0.497 e. The number of aromatic nitrogens is 2. The molecule has 4 rings (SSSR count). The van der Waals surface area contributed by atoms with Gasteiger partial charge in [-0.1, -0.05) is 36.0 Å². The predicted octanol–water partition coefficient (Wildman–Crippen LogP) is 3.36. The number of benzene rings is 2. The maximum Gasteiger partial charge on any atom is 0.212 e. The fourth-order valence-corrected chi connectivity index (χ4v) is 4.76. The van der Waals surface area contributed by atoms with E-state index in [0.29, 0.717) is 22.2 Å². The minimum absolute atomic E-state index is 0.141. The Labute approximate surface area is 166 Å². The molecule has 140 valence electrons. The number of hydrogen-bond acceptors (Lipinski definition) is 6. The molecule has 2 aromatic carbocycles. The number of hydrogen-bond donors (Lipinski definition) is 1. The summed E-state index contributed by atoms with van der Waals surface area (Å²) >= 11 is 1.23. The van der Waals surface area contributed by atoms with Crippen LogP contribution in [-0.2, 0) is 7.05 Å². The molecule has 0 aliphatic carbocycles. The highest BCUT2D eigenvalue weighted by Gasteiger charge is 2.42. The Hall–Kier alpha value is -3.24. The molecule has 2 heterocycles. The lowest BCUT2D eigenvalue weighted by Gasteiger charge is -2.19. The Morgan fingerprint density at radius 1 is 1.25 bits per heavy atom. The molecule has 0 radical (unpaired) electrons. The van der Waals surface area contributed by atoms with E-state index in [0.717, 1.165) is 16.6 Å². The fraction of sp³-hybridized carbons (Fsp3) is 0.190. The highest BCUT2D eigenvalue weighted by molar-refractivity contribution is 8.04. The van der Waals surface area contributed by atoms with Crippen LogP contribution in [0.4, 0.5) is 0 Å². The average molecular weight is 390 g/mol. The summed E-state index contributed by atoms with van der Waals surface area (Å²) < 4.78 is 7.01. The van der Waals surface area contributed by atoms with E-state index >= 15 is 0 Å². The lowest BCUT2D eigenvalue weighted by Crippen LogP contribution is -2.25. The first-order valence-corrected chi connectivity index (χ1v) is 9.59. The van der Waals surface area contributed by atoms with Crippen molar-refractivity contribution < 1.29 is 9.53 Å². The molecule has 1 aliphatic rings. The number of ketones is 1. The number of allylic oxidation sites excluding steroid dienone is 1. The molecule has 0 bridgehead atoms. The zero-order valence-corrected chi connectivity index (χ0v) is 16.2. The number of imidazole rings is 1. The van der Waals surface area contributed by atoms with Crippen LogP contribution in [0.3, 0.4) is 0 Å². The summed E-state index contributed by atoms with van der Waals surface area (Å²) in [6.45, 7) is 0. The van der Waals surface area contributed by atoms with E-state index in [2.05, 4.69) is 11.1 Å². The van der Waals surface area contributed by atoms with Gasteiger partial charge in [0.2, 0.25) is 5.78 Å². The monoisotopic (exact) mass is 390 g/mol. The Kier molecular flexibility index (Phi) is 4.57. The zero-order chi connectivity index (χ0) is 19.8. The van der Waals surface area contributed by atoms with Crippen molar-refractivity contribution in [2.24, 2.45) is 12.8 Å². The van der Waals surface area contributed by atoms with E-state index < -0.39 is 11.2 Å². The van der Waals surface area contributed by atoms with Gasteiger partial charge in [0.05, 0.1) is 40.1 Å². The largest absolute Gasteiger partial charge is 0.497 e. The van der Waals surface area contributed by atoms with E-state index in [1.165, 1.54) is 11.8 Å². The van der Waals surface area contributed by atoms with Crippen molar-refractivity contribution >= 4 is 28.6 Å². The molecule has 2 N–H and O–H groups in total. The van der Waals surface area contributed by atoms with Gasteiger partial charge in [0, 0.05) is 13.0 Å². The molecule has 0 fully saturated rings. The van der Waals surface area contributed by atoms with E-state index in [1.807, 2.05) is 55.6 Å². The second kappa shape index (κ2) is 7.06. The van der Waals surface area contributed by atoms with Crippen LogP contribution >= 0.6 is 11.8 Å². The third-order valence-corrected chi connectivity index (χ3v) is 6.21. The molecule has 6 nitrogen and oxygen atoms in total. The molecule has 0 saturated heterocycles. The SMILES string of the molecule is COc1ccc([C@H]2C(C#N)=C(N)S[C@@H]2C(=O)c2nc3ccccc3n2C)cc1. The smallest absolute Gasteiger partial charge is 0.212 e. The predicted molar refractivity (Wildman–Crippen MR) is 109 cm³/mol. The Bertz CT molecular complexity index is 1140. The molecular weight excluding hydrogens is 372 g/mol. The molecule has 7 heteroatoms. The van der Waals surface area contributed by atoms with Crippen molar-refractivity contribution in [2.45, 2.75) is 11.2 Å². The average Bonchev–Trinajstić information content (AvgIpc) is 3.24. The molecule has 0 spiro atoms. The van der Waals surface area contributed by atoms with Crippen LogP contribution in [0, 0.1) is 11.3 Å². The number of methoxy groups -OCH3 is 1. The Balaban J connectivity index is 1.77. The molecule has 28 heavy (non-hydrogen) atoms. The number of nitrogens with two attached hydrogens (primary N) is 1. The van der Waals surface area contributed by atoms with Crippen molar-refractivity contribution in [1.82, 2.24) is 9.55 Å². The molecule has 1 aromatic heterocycles. The quantitative estimate of drug-likeness (QED) is 0.687. The first-order valence-electron chi connectivity index (χ1n) is 8.71. The third kappa shape index (κ3) is 2.83. The summed E-state index contributed by atoms with van der Waals surface area (Å²) in [5, 5.41) is 9.50. The van der Waals surface area contributed by atoms with Gasteiger partial charge in [-0.3, -0.25) is 4.79 Å². The van der Waals surface area contributed by atoms with Crippen molar-refractivity contribution in [3.05, 3.63) is 70.5 Å². The van der Waals surface area contributed by atoms with Gasteiger partial charge in [0.15, 0.2) is 5.82 Å². The summed E-state index contributed by atoms with van der Waals surface area (Å²) in [4.78, 5) is 18.0. The molecule has 2 atom stereocenters. The maximum absolute atomic E-state index is 13.4. The molecule has 3 aromatic rings. The molecule has 1 aliphatic heterocycles. The van der Waals surface area contributed by atoms with Crippen molar-refractivity contribution in [2.75, 3.05) is 7.11 Å². The zero-order valence-electron chi connectivity index (χ0n) is 15.4. The second-order valence-electron chi connectivity index (χ2n) is 6.53. The van der Waals surface area contributed by atoms with Crippen molar-refractivity contribution in [1.29, 1.82) is 5.26 Å². The number of para-hydroxylation sites is 2. The number of Topliss-reactive ketones (excluding diaryl/α,β-unsaturated/α-hetero) is 1. The summed E-state index contributed by atoms with van der Waals surface area (Å²) in [5.41, 5.74) is 9.03. The minimum atomic E-state index is -0.543. The lowest BCUT2D eigenvalue weighted by molar-refractivity contribution is 0.0973. The summed E-state index contributed by atoms with van der Waals surface area (Å²) in [6, 6.07) is 17.2. The van der Waals surface area contributed by atoms with Crippen LogP contribution in [0.5, 0.6) is 5.75 Å². The van der Waals surface area contributed by atoms with Gasteiger partial charge in [0.1, 0.15) is 5.75 Å². The normalized spacial score (nSPS) is 19.0. The van der Waals surface area contributed by atoms with Crippen molar-refractivity contribution in [3.8, 4) is 11.8 Å². The van der Waals surface area contributed by atoms with Gasteiger partial charge in [-0.15, -0.1) is 0 Å².